The van der Waals surface area contributed by atoms with Crippen molar-refractivity contribution in [1.29, 1.82) is 0 Å². The molecule has 1 aliphatic heterocycles. The quantitative estimate of drug-likeness (QED) is 0.864. The van der Waals surface area contributed by atoms with Crippen LogP contribution in [0.2, 0.25) is 0 Å². The third kappa shape index (κ3) is 2.94. The number of aromatic nitrogens is 2. The van der Waals surface area contributed by atoms with Gasteiger partial charge in [0.2, 0.25) is 5.95 Å². The lowest BCUT2D eigenvalue weighted by molar-refractivity contribution is 0.529. The van der Waals surface area contributed by atoms with Crippen molar-refractivity contribution in [3.05, 3.63) is 17.5 Å². The number of aryl methyl sites for hydroxylation is 1. The maximum Gasteiger partial charge on any atom is 0.225 e. The van der Waals surface area contributed by atoms with Gasteiger partial charge in [0.1, 0.15) is 0 Å². The van der Waals surface area contributed by atoms with E-state index in [0.29, 0.717) is 6.54 Å². The summed E-state index contributed by atoms with van der Waals surface area (Å²) >= 11 is 0. The molecule has 2 heterocycles. The first kappa shape index (κ1) is 12.3. The highest BCUT2D eigenvalue weighted by Crippen LogP contribution is 2.24. The molecule has 1 atom stereocenters. The molecule has 0 spiro atoms. The van der Waals surface area contributed by atoms with E-state index in [9.17, 15) is 0 Å². The minimum atomic E-state index is 0.489. The smallest absolute Gasteiger partial charge is 0.225 e. The Bertz CT molecular complexity index is 378. The lowest BCUT2D eigenvalue weighted by atomic mass is 10.0. The van der Waals surface area contributed by atoms with Crippen LogP contribution in [0.25, 0.3) is 0 Å². The molecule has 0 aromatic carbocycles. The molecule has 17 heavy (non-hydrogen) atoms. The molecule has 0 amide bonds. The van der Waals surface area contributed by atoms with Gasteiger partial charge in [0.05, 0.1) is 5.69 Å². The molecule has 0 aliphatic carbocycles. The van der Waals surface area contributed by atoms with Gasteiger partial charge in [-0.05, 0) is 31.7 Å². The molecule has 0 radical (unpaired) electrons. The van der Waals surface area contributed by atoms with Crippen LogP contribution in [0.4, 0.5) is 5.95 Å². The fourth-order valence-electron chi connectivity index (χ4n) is 2.52. The van der Waals surface area contributed by atoms with Crippen LogP contribution in [0.1, 0.15) is 37.6 Å². The van der Waals surface area contributed by atoms with Gasteiger partial charge in [-0.2, -0.15) is 0 Å². The van der Waals surface area contributed by atoms with Gasteiger partial charge >= 0.3 is 0 Å². The molecular weight excluding hydrogens is 212 g/mol. The molecule has 1 saturated heterocycles. The second-order valence-electron chi connectivity index (χ2n) is 4.89. The van der Waals surface area contributed by atoms with Crippen LogP contribution in [0.15, 0.2) is 6.07 Å². The summed E-state index contributed by atoms with van der Waals surface area (Å²) < 4.78 is 0. The Hall–Kier alpha value is -1.16. The summed E-state index contributed by atoms with van der Waals surface area (Å²) in [6, 6.07) is 1.96. The molecule has 0 bridgehead atoms. The number of anilines is 1. The highest BCUT2D eigenvalue weighted by molar-refractivity contribution is 5.33. The van der Waals surface area contributed by atoms with Crippen LogP contribution < -0.4 is 10.6 Å². The van der Waals surface area contributed by atoms with Gasteiger partial charge in [-0.15, -0.1) is 0 Å². The Morgan fingerprint density at radius 3 is 3.00 bits per heavy atom. The van der Waals surface area contributed by atoms with Crippen LogP contribution in [0.5, 0.6) is 0 Å². The van der Waals surface area contributed by atoms with Gasteiger partial charge in [0.15, 0.2) is 0 Å². The topological polar surface area (TPSA) is 55.0 Å². The highest BCUT2D eigenvalue weighted by atomic mass is 15.3. The van der Waals surface area contributed by atoms with Gasteiger partial charge in [0.25, 0.3) is 0 Å². The van der Waals surface area contributed by atoms with Crippen molar-refractivity contribution >= 4 is 5.95 Å². The molecule has 1 aromatic heterocycles. The number of rotatable bonds is 4. The van der Waals surface area contributed by atoms with Gasteiger partial charge in [0, 0.05) is 25.3 Å². The fraction of sp³-hybridized carbons (Fsp3) is 0.692. The molecule has 94 valence electrons. The van der Waals surface area contributed by atoms with Crippen molar-refractivity contribution in [3.63, 3.8) is 0 Å². The molecule has 2 N–H and O–H groups in total. The van der Waals surface area contributed by atoms with E-state index in [1.165, 1.54) is 19.3 Å². The van der Waals surface area contributed by atoms with Crippen molar-refractivity contribution in [3.8, 4) is 0 Å². The first-order valence-electron chi connectivity index (χ1n) is 6.52. The Labute approximate surface area is 103 Å². The Morgan fingerprint density at radius 2 is 2.29 bits per heavy atom. The summed E-state index contributed by atoms with van der Waals surface area (Å²) in [6.45, 7) is 6.92. The first-order valence-corrected chi connectivity index (χ1v) is 6.52. The van der Waals surface area contributed by atoms with Crippen molar-refractivity contribution in [2.45, 2.75) is 39.7 Å². The van der Waals surface area contributed by atoms with Gasteiger partial charge in [-0.1, -0.05) is 13.3 Å². The zero-order chi connectivity index (χ0) is 12.3. The largest absolute Gasteiger partial charge is 0.341 e. The van der Waals surface area contributed by atoms with E-state index < -0.39 is 0 Å². The number of hydrogen-bond donors (Lipinski definition) is 1. The van der Waals surface area contributed by atoms with Crippen molar-refractivity contribution in [1.82, 2.24) is 9.97 Å². The van der Waals surface area contributed by atoms with Crippen LogP contribution >= 0.6 is 0 Å². The number of nitrogens with two attached hydrogens (primary N) is 1. The average Bonchev–Trinajstić information content (AvgIpc) is 2.77. The van der Waals surface area contributed by atoms with Gasteiger partial charge in [-0.25, -0.2) is 9.97 Å². The van der Waals surface area contributed by atoms with E-state index in [4.69, 9.17) is 5.73 Å². The number of hydrogen-bond acceptors (Lipinski definition) is 4. The molecule has 2 rings (SSSR count). The Morgan fingerprint density at radius 1 is 1.47 bits per heavy atom. The normalized spacial score (nSPS) is 19.9. The molecule has 4 heteroatoms. The van der Waals surface area contributed by atoms with Crippen molar-refractivity contribution in [2.24, 2.45) is 11.7 Å². The highest BCUT2D eigenvalue weighted by Gasteiger charge is 2.23. The minimum Gasteiger partial charge on any atom is -0.341 e. The summed E-state index contributed by atoms with van der Waals surface area (Å²) in [5.74, 6) is 1.68. The lowest BCUT2D eigenvalue weighted by Crippen LogP contribution is -2.23. The zero-order valence-corrected chi connectivity index (χ0v) is 10.8. The second-order valence-corrected chi connectivity index (χ2v) is 4.89. The first-order chi connectivity index (χ1) is 8.22. The molecule has 0 saturated carbocycles. The summed E-state index contributed by atoms with van der Waals surface area (Å²) in [7, 11) is 0. The van der Waals surface area contributed by atoms with Gasteiger partial charge in [-0.3, -0.25) is 0 Å². The molecular formula is C13H22N4. The van der Waals surface area contributed by atoms with E-state index in [0.717, 1.165) is 36.3 Å². The van der Waals surface area contributed by atoms with Crippen molar-refractivity contribution < 1.29 is 0 Å². The lowest BCUT2D eigenvalue weighted by Gasteiger charge is -2.17. The average molecular weight is 234 g/mol. The molecule has 1 unspecified atom stereocenters. The fourth-order valence-corrected chi connectivity index (χ4v) is 2.52. The second kappa shape index (κ2) is 5.45. The van der Waals surface area contributed by atoms with E-state index in [1.54, 1.807) is 0 Å². The Balaban J connectivity index is 2.10. The molecule has 1 aliphatic rings. The maximum absolute atomic E-state index is 5.65. The zero-order valence-electron chi connectivity index (χ0n) is 10.8. The molecule has 1 fully saturated rings. The summed E-state index contributed by atoms with van der Waals surface area (Å²) in [5, 5.41) is 0. The summed E-state index contributed by atoms with van der Waals surface area (Å²) in [4.78, 5) is 11.3. The van der Waals surface area contributed by atoms with E-state index in [-0.39, 0.29) is 0 Å². The minimum absolute atomic E-state index is 0.489. The van der Waals surface area contributed by atoms with E-state index in [2.05, 4.69) is 21.8 Å². The monoisotopic (exact) mass is 234 g/mol. The van der Waals surface area contributed by atoms with Crippen LogP contribution in [0, 0.1) is 12.8 Å². The van der Waals surface area contributed by atoms with Crippen LogP contribution in [-0.2, 0) is 6.54 Å². The molecule has 1 aromatic rings. The standard InChI is InChI=1S/C13H22N4/c1-3-4-11-5-6-17(9-11)13-15-10(2)7-12(8-14)16-13/h7,11H,3-6,8-9,14H2,1-2H3. The van der Waals surface area contributed by atoms with Gasteiger partial charge < -0.3 is 10.6 Å². The Kier molecular flexibility index (Phi) is 3.94. The SMILES string of the molecule is CCCC1CCN(c2nc(C)cc(CN)n2)C1. The van der Waals surface area contributed by atoms with E-state index >= 15 is 0 Å². The summed E-state index contributed by atoms with van der Waals surface area (Å²) in [6.07, 6.45) is 3.84. The molecule has 4 nitrogen and oxygen atoms in total. The predicted molar refractivity (Wildman–Crippen MR) is 69.9 cm³/mol. The summed E-state index contributed by atoms with van der Waals surface area (Å²) in [5.41, 5.74) is 7.60. The predicted octanol–water partition coefficient (Wildman–Crippen LogP) is 1.87. The number of nitrogens with zero attached hydrogens (tertiary/aromatic N) is 3. The van der Waals surface area contributed by atoms with E-state index in [1.807, 2.05) is 13.0 Å². The third-order valence-electron chi connectivity index (χ3n) is 3.37. The third-order valence-corrected chi connectivity index (χ3v) is 3.37. The van der Waals surface area contributed by atoms with Crippen LogP contribution in [0.3, 0.4) is 0 Å². The van der Waals surface area contributed by atoms with Crippen molar-refractivity contribution in [2.75, 3.05) is 18.0 Å². The maximum atomic E-state index is 5.65. The van der Waals surface area contributed by atoms with Crippen LogP contribution in [-0.4, -0.2) is 23.1 Å².